The average Bonchev–Trinajstić information content (AvgIpc) is 2.63. The van der Waals surface area contributed by atoms with E-state index < -0.39 is 17.8 Å². The molecule has 0 saturated carbocycles. The summed E-state index contributed by atoms with van der Waals surface area (Å²) in [7, 11) is 0. The van der Waals surface area contributed by atoms with Crippen molar-refractivity contribution in [3.05, 3.63) is 57.6 Å². The van der Waals surface area contributed by atoms with Crippen molar-refractivity contribution in [1.29, 1.82) is 0 Å². The van der Waals surface area contributed by atoms with Gasteiger partial charge in [0, 0.05) is 5.02 Å². The Kier molecular flexibility index (Phi) is 5.58. The Bertz CT molecular complexity index is 1020. The molecule has 2 aromatic rings. The molecule has 9 heteroatoms. The van der Waals surface area contributed by atoms with Crippen LogP contribution < -0.4 is 15.0 Å². The van der Waals surface area contributed by atoms with E-state index in [4.69, 9.17) is 27.9 Å². The van der Waals surface area contributed by atoms with E-state index in [-0.39, 0.29) is 34.4 Å². The van der Waals surface area contributed by atoms with Crippen molar-refractivity contribution in [3.8, 4) is 11.5 Å². The van der Waals surface area contributed by atoms with E-state index in [0.29, 0.717) is 10.6 Å². The third-order valence-corrected chi connectivity index (χ3v) is 4.35. The molecule has 0 radical (unpaired) electrons. The first-order chi connectivity index (χ1) is 13.3. The number of carbonyl (C=O) groups is 3. The first-order valence-corrected chi connectivity index (χ1v) is 8.89. The molecule has 2 N–H and O–H groups in total. The Morgan fingerprint density at radius 1 is 1.18 bits per heavy atom. The smallest absolute Gasteiger partial charge is 0.335 e. The van der Waals surface area contributed by atoms with E-state index in [9.17, 15) is 19.5 Å². The largest absolute Gasteiger partial charge is 0.503 e. The number of phenolic OH excluding ortho intramolecular Hbond substituents is 1. The maximum atomic E-state index is 12.8. The van der Waals surface area contributed by atoms with Gasteiger partial charge in [-0.05, 0) is 48.9 Å². The highest BCUT2D eigenvalue weighted by Gasteiger charge is 2.36. The molecule has 28 heavy (non-hydrogen) atoms. The number of nitrogens with one attached hydrogen (secondary N) is 1. The molecule has 0 unspecified atom stereocenters. The number of anilines is 1. The van der Waals surface area contributed by atoms with E-state index in [1.165, 1.54) is 30.3 Å². The number of rotatable bonds is 4. The number of nitrogens with zero attached hydrogens (tertiary/aromatic N) is 1. The van der Waals surface area contributed by atoms with Gasteiger partial charge in [0.1, 0.15) is 5.57 Å². The molecule has 1 fully saturated rings. The van der Waals surface area contributed by atoms with E-state index in [2.05, 4.69) is 5.32 Å². The predicted molar refractivity (Wildman–Crippen MR) is 105 cm³/mol. The SMILES string of the molecule is CCOc1cc(/C=C2/C(=O)NC(=O)N(c3cccc(Cl)c3)C2=O)cc(Cl)c1O. The maximum Gasteiger partial charge on any atom is 0.335 e. The van der Waals surface area contributed by atoms with Crippen LogP contribution >= 0.6 is 23.2 Å². The molecule has 1 aliphatic heterocycles. The molecule has 1 heterocycles. The van der Waals surface area contributed by atoms with Gasteiger partial charge in [-0.15, -0.1) is 0 Å². The van der Waals surface area contributed by atoms with Crippen LogP contribution in [0, 0.1) is 0 Å². The Balaban J connectivity index is 2.04. The summed E-state index contributed by atoms with van der Waals surface area (Å²) < 4.78 is 5.29. The van der Waals surface area contributed by atoms with Crippen molar-refractivity contribution in [2.24, 2.45) is 0 Å². The first-order valence-electron chi connectivity index (χ1n) is 8.14. The Morgan fingerprint density at radius 2 is 1.93 bits per heavy atom. The zero-order chi connectivity index (χ0) is 20.4. The maximum absolute atomic E-state index is 12.8. The molecule has 4 amide bonds. The van der Waals surface area contributed by atoms with Crippen LogP contribution in [-0.4, -0.2) is 29.6 Å². The van der Waals surface area contributed by atoms with Gasteiger partial charge in [-0.25, -0.2) is 9.69 Å². The first kappa shape index (κ1) is 19.7. The molecule has 0 aromatic heterocycles. The topological polar surface area (TPSA) is 95.9 Å². The molecular weight excluding hydrogens is 407 g/mol. The second-order valence-corrected chi connectivity index (χ2v) is 6.56. The molecular formula is C19H14Cl2N2O5. The summed E-state index contributed by atoms with van der Waals surface area (Å²) in [5.74, 6) is -1.82. The van der Waals surface area contributed by atoms with Gasteiger partial charge in [0.2, 0.25) is 0 Å². The minimum absolute atomic E-state index is 0.00996. The van der Waals surface area contributed by atoms with Gasteiger partial charge in [0.25, 0.3) is 11.8 Å². The van der Waals surface area contributed by atoms with Crippen molar-refractivity contribution < 1.29 is 24.2 Å². The molecule has 144 valence electrons. The molecule has 7 nitrogen and oxygen atoms in total. The van der Waals surface area contributed by atoms with Gasteiger partial charge in [-0.1, -0.05) is 29.3 Å². The lowest BCUT2D eigenvalue weighted by molar-refractivity contribution is -0.122. The predicted octanol–water partition coefficient (Wildman–Crippen LogP) is 3.76. The summed E-state index contributed by atoms with van der Waals surface area (Å²) in [5.41, 5.74) is 0.265. The standard InChI is InChI=1S/C19H14Cl2N2O5/c1-2-28-15-8-10(7-14(21)16(15)24)6-13-17(25)22-19(27)23(18(13)26)12-5-3-4-11(20)9-12/h3-9,24H,2H2,1H3,(H,22,25,27)/b13-6-. The number of benzene rings is 2. The summed E-state index contributed by atoms with van der Waals surface area (Å²) in [6, 6.07) is 8.02. The Morgan fingerprint density at radius 3 is 2.61 bits per heavy atom. The highest BCUT2D eigenvalue weighted by atomic mass is 35.5. The number of aromatic hydroxyl groups is 1. The fourth-order valence-corrected chi connectivity index (χ4v) is 3.02. The van der Waals surface area contributed by atoms with Crippen molar-refractivity contribution in [2.45, 2.75) is 6.92 Å². The molecule has 0 bridgehead atoms. The second kappa shape index (κ2) is 7.92. The molecule has 3 rings (SSSR count). The van der Waals surface area contributed by atoms with Crippen LogP contribution in [0.1, 0.15) is 12.5 Å². The number of halogens is 2. The number of carbonyl (C=O) groups excluding carboxylic acids is 3. The summed E-state index contributed by atoms with van der Waals surface area (Å²) >= 11 is 11.9. The number of imide groups is 2. The minimum atomic E-state index is -0.881. The van der Waals surface area contributed by atoms with Gasteiger partial charge in [-0.2, -0.15) is 0 Å². The van der Waals surface area contributed by atoms with Crippen LogP contribution in [0.15, 0.2) is 42.0 Å². The van der Waals surface area contributed by atoms with E-state index >= 15 is 0 Å². The summed E-state index contributed by atoms with van der Waals surface area (Å²) in [5, 5.41) is 12.4. The van der Waals surface area contributed by atoms with Gasteiger partial charge in [0.05, 0.1) is 17.3 Å². The highest BCUT2D eigenvalue weighted by molar-refractivity contribution is 6.39. The van der Waals surface area contributed by atoms with Crippen molar-refractivity contribution >= 4 is 52.8 Å². The fourth-order valence-electron chi connectivity index (χ4n) is 2.62. The molecule has 0 spiro atoms. The summed E-state index contributed by atoms with van der Waals surface area (Å²) in [6.45, 7) is 2.01. The number of amides is 4. The highest BCUT2D eigenvalue weighted by Crippen LogP contribution is 2.36. The van der Waals surface area contributed by atoms with Crippen molar-refractivity contribution in [2.75, 3.05) is 11.5 Å². The third-order valence-electron chi connectivity index (χ3n) is 3.83. The Hall–Kier alpha value is -3.03. The lowest BCUT2D eigenvalue weighted by Crippen LogP contribution is -2.54. The number of ether oxygens (including phenoxy) is 1. The number of urea groups is 1. The van der Waals surface area contributed by atoms with Crippen molar-refractivity contribution in [3.63, 3.8) is 0 Å². The number of phenols is 1. The second-order valence-electron chi connectivity index (χ2n) is 5.72. The minimum Gasteiger partial charge on any atom is -0.503 e. The fraction of sp³-hybridized carbons (Fsp3) is 0.105. The van der Waals surface area contributed by atoms with Gasteiger partial charge >= 0.3 is 6.03 Å². The zero-order valence-electron chi connectivity index (χ0n) is 14.5. The van der Waals surface area contributed by atoms with Crippen LogP contribution in [0.5, 0.6) is 11.5 Å². The zero-order valence-corrected chi connectivity index (χ0v) is 16.0. The van der Waals surface area contributed by atoms with Crippen molar-refractivity contribution in [1.82, 2.24) is 5.32 Å². The Labute approximate surface area is 170 Å². The van der Waals surface area contributed by atoms with Crippen LogP contribution in [0.25, 0.3) is 6.08 Å². The van der Waals surface area contributed by atoms with Gasteiger partial charge < -0.3 is 9.84 Å². The van der Waals surface area contributed by atoms with Crippen LogP contribution in [0.2, 0.25) is 10.0 Å². The molecule has 1 aliphatic rings. The van der Waals surface area contributed by atoms with E-state index in [1.807, 2.05) is 0 Å². The molecule has 0 aliphatic carbocycles. The number of barbiturate groups is 1. The average molecular weight is 421 g/mol. The normalized spacial score (nSPS) is 15.8. The van der Waals surface area contributed by atoms with Crippen LogP contribution in [0.4, 0.5) is 10.5 Å². The third kappa shape index (κ3) is 3.81. The molecule has 2 aromatic carbocycles. The van der Waals surface area contributed by atoms with Gasteiger partial charge in [0.15, 0.2) is 11.5 Å². The molecule has 0 atom stereocenters. The lowest BCUT2D eigenvalue weighted by atomic mass is 10.1. The quantitative estimate of drug-likeness (QED) is 0.579. The van der Waals surface area contributed by atoms with E-state index in [1.54, 1.807) is 19.1 Å². The summed E-state index contributed by atoms with van der Waals surface area (Å²) in [6.07, 6.45) is 1.26. The van der Waals surface area contributed by atoms with Gasteiger partial charge in [-0.3, -0.25) is 14.9 Å². The monoisotopic (exact) mass is 420 g/mol. The van der Waals surface area contributed by atoms with E-state index in [0.717, 1.165) is 4.90 Å². The van der Waals surface area contributed by atoms with Crippen LogP contribution in [-0.2, 0) is 9.59 Å². The lowest BCUT2D eigenvalue weighted by Gasteiger charge is -2.26. The number of hydrogen-bond acceptors (Lipinski definition) is 5. The van der Waals surface area contributed by atoms with Crippen LogP contribution in [0.3, 0.4) is 0 Å². The summed E-state index contributed by atoms with van der Waals surface area (Å²) in [4.78, 5) is 38.1. The number of hydrogen-bond donors (Lipinski definition) is 2. The molecule has 1 saturated heterocycles.